The third-order valence-electron chi connectivity index (χ3n) is 3.16. The largest absolute Gasteiger partial charge is 0.381 e. The highest BCUT2D eigenvalue weighted by Crippen LogP contribution is 2.36. The van der Waals surface area contributed by atoms with Crippen molar-refractivity contribution in [2.75, 3.05) is 19.1 Å². The Bertz CT molecular complexity index is 317. The Kier molecular flexibility index (Phi) is 3.70. The molecule has 1 aromatic carbocycles. The standard InChI is InChI=1S/C12H14BrClO/c13-11-3-1-10(2-4-11)12(9-14)5-7-15-8-6-12/h1-4H,5-9H2. The molecule has 1 aliphatic heterocycles. The van der Waals surface area contributed by atoms with Crippen LogP contribution in [-0.4, -0.2) is 19.1 Å². The highest BCUT2D eigenvalue weighted by atomic mass is 79.9. The number of hydrogen-bond acceptors (Lipinski definition) is 1. The van der Waals surface area contributed by atoms with E-state index in [2.05, 4.69) is 40.2 Å². The summed E-state index contributed by atoms with van der Waals surface area (Å²) in [6.45, 7) is 1.64. The maximum absolute atomic E-state index is 6.14. The second-order valence-corrected chi connectivity index (χ2v) is 5.22. The first-order chi connectivity index (χ1) is 7.27. The number of hydrogen-bond donors (Lipinski definition) is 0. The molecule has 2 rings (SSSR count). The summed E-state index contributed by atoms with van der Waals surface area (Å²) in [5.41, 5.74) is 1.46. The predicted molar refractivity (Wildman–Crippen MR) is 66.6 cm³/mol. The van der Waals surface area contributed by atoms with Crippen LogP contribution in [0.15, 0.2) is 28.7 Å². The van der Waals surface area contributed by atoms with E-state index in [1.165, 1.54) is 5.56 Å². The van der Waals surface area contributed by atoms with Crippen LogP contribution in [0.25, 0.3) is 0 Å². The molecule has 3 heteroatoms. The third kappa shape index (κ3) is 2.38. The molecule has 1 nitrogen and oxygen atoms in total. The highest BCUT2D eigenvalue weighted by molar-refractivity contribution is 9.10. The fourth-order valence-electron chi connectivity index (χ4n) is 2.07. The summed E-state index contributed by atoms with van der Waals surface area (Å²) >= 11 is 9.60. The van der Waals surface area contributed by atoms with Gasteiger partial charge in [0.2, 0.25) is 0 Å². The lowest BCUT2D eigenvalue weighted by Crippen LogP contribution is -2.35. The van der Waals surface area contributed by atoms with E-state index in [-0.39, 0.29) is 5.41 Å². The van der Waals surface area contributed by atoms with Gasteiger partial charge in [0.15, 0.2) is 0 Å². The Morgan fingerprint density at radius 3 is 2.33 bits per heavy atom. The lowest BCUT2D eigenvalue weighted by atomic mass is 9.76. The number of ether oxygens (including phenoxy) is 1. The molecule has 0 unspecified atom stereocenters. The predicted octanol–water partition coefficient (Wildman–Crippen LogP) is 3.74. The van der Waals surface area contributed by atoms with Crippen LogP contribution in [0.5, 0.6) is 0 Å². The minimum Gasteiger partial charge on any atom is -0.381 e. The van der Waals surface area contributed by atoms with E-state index in [0.29, 0.717) is 5.88 Å². The van der Waals surface area contributed by atoms with Gasteiger partial charge in [-0.3, -0.25) is 0 Å². The van der Waals surface area contributed by atoms with Crippen LogP contribution in [-0.2, 0) is 10.2 Å². The van der Waals surface area contributed by atoms with Gasteiger partial charge >= 0.3 is 0 Å². The van der Waals surface area contributed by atoms with E-state index in [1.54, 1.807) is 0 Å². The Balaban J connectivity index is 2.28. The second-order valence-electron chi connectivity index (χ2n) is 4.03. The van der Waals surface area contributed by atoms with Crippen molar-refractivity contribution in [1.29, 1.82) is 0 Å². The summed E-state index contributed by atoms with van der Waals surface area (Å²) in [5, 5.41) is 0. The molecule has 0 saturated carbocycles. The molecule has 0 N–H and O–H groups in total. The number of rotatable bonds is 2. The summed E-state index contributed by atoms with van der Waals surface area (Å²) in [6, 6.07) is 8.49. The summed E-state index contributed by atoms with van der Waals surface area (Å²) in [6.07, 6.45) is 2.05. The van der Waals surface area contributed by atoms with E-state index in [4.69, 9.17) is 16.3 Å². The van der Waals surface area contributed by atoms with Gasteiger partial charge in [-0.05, 0) is 30.5 Å². The maximum atomic E-state index is 6.14. The number of benzene rings is 1. The van der Waals surface area contributed by atoms with Crippen LogP contribution >= 0.6 is 27.5 Å². The summed E-state index contributed by atoms with van der Waals surface area (Å²) < 4.78 is 6.52. The Hall–Kier alpha value is -0.0500. The highest BCUT2D eigenvalue weighted by Gasteiger charge is 2.33. The molecule has 0 aromatic heterocycles. The Morgan fingerprint density at radius 1 is 1.20 bits per heavy atom. The van der Waals surface area contributed by atoms with Gasteiger partial charge in [-0.2, -0.15) is 0 Å². The van der Waals surface area contributed by atoms with Gasteiger partial charge in [0.1, 0.15) is 0 Å². The monoisotopic (exact) mass is 288 g/mol. The number of alkyl halides is 1. The van der Waals surface area contributed by atoms with Crippen molar-refractivity contribution in [3.8, 4) is 0 Å². The summed E-state index contributed by atoms with van der Waals surface area (Å²) in [4.78, 5) is 0. The van der Waals surface area contributed by atoms with Gasteiger partial charge < -0.3 is 4.74 Å². The molecule has 82 valence electrons. The van der Waals surface area contributed by atoms with E-state index < -0.39 is 0 Å². The van der Waals surface area contributed by atoms with Crippen LogP contribution in [0, 0.1) is 0 Å². The zero-order valence-corrected chi connectivity index (χ0v) is 10.9. The molecule has 0 bridgehead atoms. The van der Waals surface area contributed by atoms with Gasteiger partial charge in [0.25, 0.3) is 0 Å². The fraction of sp³-hybridized carbons (Fsp3) is 0.500. The van der Waals surface area contributed by atoms with Gasteiger partial charge in [0.05, 0.1) is 0 Å². The van der Waals surface area contributed by atoms with Crippen LogP contribution in [0.3, 0.4) is 0 Å². The SMILES string of the molecule is ClCC1(c2ccc(Br)cc2)CCOCC1. The van der Waals surface area contributed by atoms with E-state index in [1.807, 2.05) is 0 Å². The van der Waals surface area contributed by atoms with Gasteiger partial charge in [-0.15, -0.1) is 11.6 Å². The fourth-order valence-corrected chi connectivity index (χ4v) is 2.75. The molecule has 1 saturated heterocycles. The van der Waals surface area contributed by atoms with Crippen molar-refractivity contribution >= 4 is 27.5 Å². The van der Waals surface area contributed by atoms with E-state index >= 15 is 0 Å². The quantitative estimate of drug-likeness (QED) is 0.754. The van der Waals surface area contributed by atoms with Crippen molar-refractivity contribution in [2.45, 2.75) is 18.3 Å². The van der Waals surface area contributed by atoms with Gasteiger partial charge in [-0.25, -0.2) is 0 Å². The van der Waals surface area contributed by atoms with Crippen LogP contribution in [0.4, 0.5) is 0 Å². The summed E-state index contributed by atoms with van der Waals surface area (Å²) in [7, 11) is 0. The smallest absolute Gasteiger partial charge is 0.0474 e. The average Bonchev–Trinajstić information content (AvgIpc) is 2.31. The number of halogens is 2. The van der Waals surface area contributed by atoms with Crippen molar-refractivity contribution in [3.63, 3.8) is 0 Å². The normalized spacial score (nSPS) is 20.1. The van der Waals surface area contributed by atoms with Crippen LogP contribution in [0.2, 0.25) is 0 Å². The average molecular weight is 290 g/mol. The topological polar surface area (TPSA) is 9.23 Å². The molecule has 1 aromatic rings. The van der Waals surface area contributed by atoms with Crippen molar-refractivity contribution in [3.05, 3.63) is 34.3 Å². The Morgan fingerprint density at radius 2 is 1.80 bits per heavy atom. The Labute approximate surface area is 104 Å². The molecule has 1 fully saturated rings. The molecular weight excluding hydrogens is 275 g/mol. The third-order valence-corrected chi connectivity index (χ3v) is 4.20. The van der Waals surface area contributed by atoms with Gasteiger partial charge in [0, 0.05) is 29.0 Å². The lowest BCUT2D eigenvalue weighted by molar-refractivity contribution is 0.0575. The minimum atomic E-state index is 0.126. The maximum Gasteiger partial charge on any atom is 0.0474 e. The van der Waals surface area contributed by atoms with Gasteiger partial charge in [-0.1, -0.05) is 28.1 Å². The molecular formula is C12H14BrClO. The van der Waals surface area contributed by atoms with Crippen LogP contribution in [0.1, 0.15) is 18.4 Å². The molecule has 0 atom stereocenters. The zero-order chi connectivity index (χ0) is 10.7. The van der Waals surface area contributed by atoms with E-state index in [0.717, 1.165) is 30.5 Å². The first kappa shape index (κ1) is 11.4. The van der Waals surface area contributed by atoms with Crippen molar-refractivity contribution in [2.24, 2.45) is 0 Å². The molecule has 0 spiro atoms. The molecule has 1 heterocycles. The first-order valence-electron chi connectivity index (χ1n) is 5.17. The molecule has 0 amide bonds. The molecule has 1 aliphatic rings. The first-order valence-corrected chi connectivity index (χ1v) is 6.49. The second kappa shape index (κ2) is 4.86. The van der Waals surface area contributed by atoms with Crippen LogP contribution < -0.4 is 0 Å². The van der Waals surface area contributed by atoms with Crippen molar-refractivity contribution in [1.82, 2.24) is 0 Å². The van der Waals surface area contributed by atoms with E-state index in [9.17, 15) is 0 Å². The molecule has 0 aliphatic carbocycles. The van der Waals surface area contributed by atoms with Crippen molar-refractivity contribution < 1.29 is 4.74 Å². The lowest BCUT2D eigenvalue weighted by Gasteiger charge is -2.36. The molecule has 0 radical (unpaired) electrons. The minimum absolute atomic E-state index is 0.126. The zero-order valence-electron chi connectivity index (χ0n) is 8.51. The molecule has 15 heavy (non-hydrogen) atoms. The summed E-state index contributed by atoms with van der Waals surface area (Å²) in [5.74, 6) is 0.679.